The topological polar surface area (TPSA) is 111 Å². The third-order valence-electron chi connectivity index (χ3n) is 10.7. The van der Waals surface area contributed by atoms with E-state index in [0.29, 0.717) is 25.3 Å². The van der Waals surface area contributed by atoms with Gasteiger partial charge >= 0.3 is 5.97 Å². The van der Waals surface area contributed by atoms with Crippen LogP contribution in [0.15, 0.2) is 23.6 Å². The maximum Gasteiger partial charge on any atom is 0.345 e. The smallest absolute Gasteiger partial charge is 0.345 e. The number of anilines is 1. The molecule has 4 aliphatic rings. The Hall–Kier alpha value is -2.48. The lowest BCUT2D eigenvalue weighted by Gasteiger charge is -2.61. The molecule has 0 radical (unpaired) electrons. The quantitative estimate of drug-likeness (QED) is 0.485. The number of rotatable bonds is 3. The average molecular weight is 498 g/mol. The number of Topliss-reactive ketones (excluding diaryl/α,β-unsaturated/α-hetero) is 1. The van der Waals surface area contributed by atoms with E-state index in [2.05, 4.69) is 37.7 Å². The predicted octanol–water partition coefficient (Wildman–Crippen LogP) is 3.58. The molecule has 0 amide bonds. The van der Waals surface area contributed by atoms with E-state index in [0.717, 1.165) is 32.2 Å². The van der Waals surface area contributed by atoms with Gasteiger partial charge in [-0.3, -0.25) is 14.2 Å². The number of nitrogens with one attached hydrogen (secondary N) is 1. The molecule has 1 aromatic rings. The van der Waals surface area contributed by atoms with E-state index in [1.807, 2.05) is 6.92 Å². The van der Waals surface area contributed by atoms with Crippen molar-refractivity contribution in [1.29, 1.82) is 0 Å². The Balaban J connectivity index is 1.60. The third-order valence-corrected chi connectivity index (χ3v) is 10.7. The fourth-order valence-corrected chi connectivity index (χ4v) is 8.11. The van der Waals surface area contributed by atoms with Gasteiger partial charge in [-0.1, -0.05) is 33.8 Å². The summed E-state index contributed by atoms with van der Waals surface area (Å²) in [6, 6.07) is 0. The summed E-state index contributed by atoms with van der Waals surface area (Å²) >= 11 is 0. The molecule has 1 aliphatic heterocycles. The van der Waals surface area contributed by atoms with Crippen LogP contribution in [0, 0.1) is 34.0 Å². The third kappa shape index (κ3) is 3.36. The molecule has 2 heterocycles. The number of aliphatic hydroxyl groups is 1. The molecule has 2 bridgehead atoms. The summed E-state index contributed by atoms with van der Waals surface area (Å²) in [5.74, 6) is -0.339. The van der Waals surface area contributed by atoms with E-state index < -0.39 is 34.6 Å². The van der Waals surface area contributed by atoms with Crippen LogP contribution in [0.3, 0.4) is 0 Å². The van der Waals surface area contributed by atoms with Gasteiger partial charge in [0, 0.05) is 36.3 Å². The second-order valence-corrected chi connectivity index (χ2v) is 12.2. The molecule has 0 saturated heterocycles. The Morgan fingerprint density at radius 1 is 1.31 bits per heavy atom. The van der Waals surface area contributed by atoms with Gasteiger partial charge in [-0.05, 0) is 49.4 Å². The van der Waals surface area contributed by atoms with Gasteiger partial charge in [-0.2, -0.15) is 0 Å². The maximum atomic E-state index is 13.6. The zero-order valence-electron chi connectivity index (χ0n) is 21.9. The molecule has 0 unspecified atom stereocenters. The van der Waals surface area contributed by atoms with Crippen molar-refractivity contribution in [3.63, 3.8) is 0 Å². The van der Waals surface area contributed by atoms with Crippen LogP contribution in [0.2, 0.25) is 0 Å². The van der Waals surface area contributed by atoms with Crippen LogP contribution in [-0.2, 0) is 16.1 Å². The highest BCUT2D eigenvalue weighted by Crippen LogP contribution is 2.68. The van der Waals surface area contributed by atoms with Crippen molar-refractivity contribution in [3.8, 4) is 0 Å². The molecule has 1 aromatic heterocycles. The SMILES string of the molecule is C=C[C@]1(C)C[C@@H](OC(=O)c2cnc3n(c2=O)CCCN3)[C@]2(C)[C@H](C)CC[C@]3(CCC(=O)[C@H]32)[C@@H](C)[C@@H]1O. The summed E-state index contributed by atoms with van der Waals surface area (Å²) in [7, 11) is 0. The number of hydrogen-bond donors (Lipinski definition) is 2. The fourth-order valence-electron chi connectivity index (χ4n) is 8.11. The van der Waals surface area contributed by atoms with Crippen LogP contribution >= 0.6 is 0 Å². The van der Waals surface area contributed by atoms with Gasteiger partial charge in [-0.25, -0.2) is 9.78 Å². The Labute approximate surface area is 212 Å². The van der Waals surface area contributed by atoms with Gasteiger partial charge in [-0.15, -0.1) is 6.58 Å². The molecular formula is C28H39N3O5. The van der Waals surface area contributed by atoms with Crippen LogP contribution < -0.4 is 10.9 Å². The summed E-state index contributed by atoms with van der Waals surface area (Å²) in [6.45, 7) is 13.5. The number of carbonyl (C=O) groups is 2. The predicted molar refractivity (Wildman–Crippen MR) is 136 cm³/mol. The lowest BCUT2D eigenvalue weighted by atomic mass is 9.44. The van der Waals surface area contributed by atoms with Crippen molar-refractivity contribution in [1.82, 2.24) is 9.55 Å². The Kier molecular flexibility index (Phi) is 5.97. The molecule has 8 nitrogen and oxygen atoms in total. The molecule has 3 aliphatic carbocycles. The number of nitrogens with zero attached hydrogens (tertiary/aromatic N) is 2. The lowest BCUT2D eigenvalue weighted by molar-refractivity contribution is -0.192. The van der Waals surface area contributed by atoms with E-state index >= 15 is 0 Å². The van der Waals surface area contributed by atoms with Gasteiger partial charge in [0.05, 0.1) is 12.3 Å². The van der Waals surface area contributed by atoms with Crippen molar-refractivity contribution < 1.29 is 19.4 Å². The first-order valence-corrected chi connectivity index (χ1v) is 13.4. The Bertz CT molecular complexity index is 1160. The van der Waals surface area contributed by atoms with Crippen LogP contribution in [0.1, 0.15) is 76.6 Å². The van der Waals surface area contributed by atoms with Crippen molar-refractivity contribution in [2.75, 3.05) is 11.9 Å². The van der Waals surface area contributed by atoms with Crippen LogP contribution in [0.5, 0.6) is 0 Å². The first kappa shape index (κ1) is 25.2. The van der Waals surface area contributed by atoms with Crippen molar-refractivity contribution >= 4 is 17.7 Å². The standard InChI is InChI=1S/C28H39N3O5/c1-6-26(4)14-20(36-24(35)18-15-30-25-29-12-7-13-31(25)23(18)34)27(5)16(2)8-10-28(17(3)22(26)33)11-9-19(32)21(27)28/h6,15-17,20-22,33H,1,7-14H2,2-5H3,(H,29,30)/t16-,17+,20-,21+,22+,26-,27+,28+/m1/s1. The number of aromatic nitrogens is 2. The van der Waals surface area contributed by atoms with Gasteiger partial charge in [0.15, 0.2) is 0 Å². The molecule has 0 aromatic carbocycles. The summed E-state index contributed by atoms with van der Waals surface area (Å²) < 4.78 is 7.73. The monoisotopic (exact) mass is 497 g/mol. The van der Waals surface area contributed by atoms with Crippen LogP contribution in [0.4, 0.5) is 5.95 Å². The Morgan fingerprint density at radius 3 is 2.78 bits per heavy atom. The van der Waals surface area contributed by atoms with Crippen LogP contribution in [0.25, 0.3) is 0 Å². The largest absolute Gasteiger partial charge is 0.458 e. The fraction of sp³-hybridized carbons (Fsp3) is 0.714. The first-order chi connectivity index (χ1) is 17.0. The first-order valence-electron chi connectivity index (χ1n) is 13.4. The van der Waals surface area contributed by atoms with Crippen molar-refractivity contribution in [2.24, 2.45) is 34.0 Å². The molecule has 2 N–H and O–H groups in total. The summed E-state index contributed by atoms with van der Waals surface area (Å²) in [4.78, 5) is 44.6. The number of ether oxygens (including phenoxy) is 1. The van der Waals surface area contributed by atoms with E-state index in [4.69, 9.17) is 4.74 Å². The minimum atomic E-state index is -0.732. The molecule has 36 heavy (non-hydrogen) atoms. The highest BCUT2D eigenvalue weighted by Gasteiger charge is 2.68. The normalized spacial score (nSPS) is 41.8. The molecule has 0 spiro atoms. The van der Waals surface area contributed by atoms with E-state index in [9.17, 15) is 19.5 Å². The number of fused-ring (bicyclic) bond motifs is 1. The second-order valence-electron chi connectivity index (χ2n) is 12.2. The zero-order chi connectivity index (χ0) is 26.0. The maximum absolute atomic E-state index is 13.6. The van der Waals surface area contributed by atoms with Gasteiger partial charge < -0.3 is 15.2 Å². The summed E-state index contributed by atoms with van der Waals surface area (Å²) in [5.41, 5.74) is -2.21. The average Bonchev–Trinajstić information content (AvgIpc) is 3.23. The van der Waals surface area contributed by atoms with E-state index in [1.165, 1.54) is 10.8 Å². The van der Waals surface area contributed by atoms with Gasteiger partial charge in [0.1, 0.15) is 17.5 Å². The molecule has 3 fully saturated rings. The van der Waals surface area contributed by atoms with Gasteiger partial charge in [0.25, 0.3) is 5.56 Å². The minimum absolute atomic E-state index is 0.0950. The number of ketones is 1. The zero-order valence-corrected chi connectivity index (χ0v) is 21.9. The number of carbonyl (C=O) groups excluding carboxylic acids is 2. The van der Waals surface area contributed by atoms with E-state index in [-0.39, 0.29) is 34.5 Å². The lowest BCUT2D eigenvalue weighted by Crippen LogP contribution is -2.63. The van der Waals surface area contributed by atoms with Crippen LogP contribution in [-0.4, -0.2) is 45.2 Å². The number of aliphatic hydroxyl groups excluding tert-OH is 1. The summed E-state index contributed by atoms with van der Waals surface area (Å²) in [5, 5.41) is 14.7. The molecule has 3 saturated carbocycles. The molecule has 196 valence electrons. The molecule has 8 atom stereocenters. The number of esters is 1. The highest BCUT2D eigenvalue weighted by molar-refractivity contribution is 5.89. The van der Waals surface area contributed by atoms with Gasteiger partial charge in [0.2, 0.25) is 5.95 Å². The summed E-state index contributed by atoms with van der Waals surface area (Å²) in [6.07, 6.45) is 5.75. The number of hydrogen-bond acceptors (Lipinski definition) is 7. The van der Waals surface area contributed by atoms with Crippen molar-refractivity contribution in [2.45, 2.75) is 85.0 Å². The minimum Gasteiger partial charge on any atom is -0.458 e. The molecular weight excluding hydrogens is 458 g/mol. The highest BCUT2D eigenvalue weighted by atomic mass is 16.5. The van der Waals surface area contributed by atoms with Crippen molar-refractivity contribution in [3.05, 3.63) is 34.8 Å². The second kappa shape index (κ2) is 8.54. The Morgan fingerprint density at radius 2 is 2.06 bits per heavy atom. The molecule has 8 heteroatoms. The molecule has 5 rings (SSSR count). The van der Waals surface area contributed by atoms with E-state index in [1.54, 1.807) is 6.08 Å².